The maximum Gasteiger partial charge on any atom is 0.250 e. The number of aryl methyl sites for hydroxylation is 1. The van der Waals surface area contributed by atoms with Gasteiger partial charge in [0.15, 0.2) is 0 Å². The van der Waals surface area contributed by atoms with Gasteiger partial charge >= 0.3 is 0 Å². The molecule has 0 bridgehead atoms. The van der Waals surface area contributed by atoms with Gasteiger partial charge in [-0.05, 0) is 44.2 Å². The molecule has 3 aromatic rings. The van der Waals surface area contributed by atoms with Crippen LogP contribution in [-0.4, -0.2) is 19.9 Å². The molecule has 0 unspecified atom stereocenters. The van der Waals surface area contributed by atoms with Gasteiger partial charge in [-0.15, -0.1) is 0 Å². The first-order chi connectivity index (χ1) is 10.7. The Morgan fingerprint density at radius 3 is 2.68 bits per heavy atom. The maximum absolute atomic E-state index is 12.9. The molecule has 2 aromatic heterocycles. The number of halogens is 1. The van der Waals surface area contributed by atoms with E-state index in [-0.39, 0.29) is 5.82 Å². The summed E-state index contributed by atoms with van der Waals surface area (Å²) in [5.41, 5.74) is 2.79. The van der Waals surface area contributed by atoms with Crippen LogP contribution in [0.2, 0.25) is 0 Å². The highest BCUT2D eigenvalue weighted by molar-refractivity contribution is 5.67. The highest BCUT2D eigenvalue weighted by atomic mass is 19.1. The van der Waals surface area contributed by atoms with Gasteiger partial charge in [-0.25, -0.2) is 4.39 Å². The molecule has 0 aliphatic carbocycles. The van der Waals surface area contributed by atoms with E-state index in [1.807, 2.05) is 24.6 Å². The van der Waals surface area contributed by atoms with Gasteiger partial charge in [-0.2, -0.15) is 10.1 Å². The molecular formula is C16H15FN4O. The van der Waals surface area contributed by atoms with Crippen molar-refractivity contribution in [2.24, 2.45) is 0 Å². The third kappa shape index (κ3) is 2.81. The average molecular weight is 298 g/mol. The Morgan fingerprint density at radius 1 is 1.23 bits per heavy atom. The highest BCUT2D eigenvalue weighted by Gasteiger charge is 2.07. The van der Waals surface area contributed by atoms with Crippen molar-refractivity contribution in [1.82, 2.24) is 19.9 Å². The summed E-state index contributed by atoms with van der Waals surface area (Å²) in [6.45, 7) is 4.88. The van der Waals surface area contributed by atoms with Gasteiger partial charge in [0, 0.05) is 29.4 Å². The molecule has 3 rings (SSSR count). The minimum absolute atomic E-state index is 0.296. The number of benzene rings is 1. The van der Waals surface area contributed by atoms with E-state index in [2.05, 4.69) is 15.2 Å². The quantitative estimate of drug-likeness (QED) is 0.739. The molecule has 1 aromatic carbocycles. The first-order valence-corrected chi connectivity index (χ1v) is 6.97. The molecule has 0 N–H and O–H groups in total. The van der Waals surface area contributed by atoms with Crippen LogP contribution < -0.4 is 0 Å². The van der Waals surface area contributed by atoms with Crippen molar-refractivity contribution in [2.75, 3.05) is 0 Å². The highest BCUT2D eigenvalue weighted by Crippen LogP contribution is 2.17. The van der Waals surface area contributed by atoms with Crippen LogP contribution in [0.3, 0.4) is 0 Å². The average Bonchev–Trinajstić information content (AvgIpc) is 3.13. The molecule has 5 nitrogen and oxygen atoms in total. The second kappa shape index (κ2) is 5.93. The third-order valence-electron chi connectivity index (χ3n) is 3.39. The first kappa shape index (κ1) is 14.2. The van der Waals surface area contributed by atoms with Crippen LogP contribution in [-0.2, 0) is 6.54 Å². The summed E-state index contributed by atoms with van der Waals surface area (Å²) < 4.78 is 20.0. The van der Waals surface area contributed by atoms with Crippen LogP contribution in [0.25, 0.3) is 23.5 Å². The van der Waals surface area contributed by atoms with Crippen LogP contribution in [0.15, 0.2) is 35.0 Å². The fraction of sp³-hybridized carbons (Fsp3) is 0.188. The molecule has 0 saturated heterocycles. The molecule has 0 spiro atoms. The minimum Gasteiger partial charge on any atom is -0.334 e. The van der Waals surface area contributed by atoms with E-state index < -0.39 is 0 Å². The Hall–Kier alpha value is -2.76. The van der Waals surface area contributed by atoms with Crippen LogP contribution in [0, 0.1) is 12.7 Å². The summed E-state index contributed by atoms with van der Waals surface area (Å²) in [7, 11) is 0. The lowest BCUT2D eigenvalue weighted by atomic mass is 10.2. The number of aromatic nitrogens is 4. The number of hydrogen-bond donors (Lipinski definition) is 0. The largest absolute Gasteiger partial charge is 0.334 e. The molecule has 6 heteroatoms. The number of rotatable bonds is 4. The van der Waals surface area contributed by atoms with Crippen molar-refractivity contribution in [3.8, 4) is 11.4 Å². The van der Waals surface area contributed by atoms with Crippen molar-refractivity contribution in [2.45, 2.75) is 20.4 Å². The molecule has 2 heterocycles. The van der Waals surface area contributed by atoms with E-state index in [1.165, 1.54) is 12.1 Å². The summed E-state index contributed by atoms with van der Waals surface area (Å²) in [5.74, 6) is 0.527. The van der Waals surface area contributed by atoms with Crippen LogP contribution in [0.4, 0.5) is 4.39 Å². The maximum atomic E-state index is 12.9. The summed E-state index contributed by atoms with van der Waals surface area (Å²) >= 11 is 0. The summed E-state index contributed by atoms with van der Waals surface area (Å²) in [5, 5.41) is 8.16. The van der Waals surface area contributed by atoms with E-state index in [0.717, 1.165) is 17.8 Å². The third-order valence-corrected chi connectivity index (χ3v) is 3.39. The van der Waals surface area contributed by atoms with E-state index >= 15 is 0 Å². The van der Waals surface area contributed by atoms with Crippen molar-refractivity contribution in [3.63, 3.8) is 0 Å². The molecular weight excluding hydrogens is 283 g/mol. The van der Waals surface area contributed by atoms with Gasteiger partial charge in [0.05, 0.1) is 6.20 Å². The Kier molecular flexibility index (Phi) is 3.82. The molecule has 0 atom stereocenters. The van der Waals surface area contributed by atoms with Crippen LogP contribution in [0.1, 0.15) is 24.1 Å². The van der Waals surface area contributed by atoms with Gasteiger partial charge in [-0.3, -0.25) is 4.68 Å². The lowest BCUT2D eigenvalue weighted by Crippen LogP contribution is -1.98. The molecule has 0 amide bonds. The first-order valence-electron chi connectivity index (χ1n) is 6.97. The Labute approximate surface area is 127 Å². The van der Waals surface area contributed by atoms with Gasteiger partial charge in [0.2, 0.25) is 5.82 Å². The number of hydrogen-bond acceptors (Lipinski definition) is 4. The Balaban J connectivity index is 1.80. The van der Waals surface area contributed by atoms with Crippen LogP contribution in [0.5, 0.6) is 0 Å². The predicted molar refractivity (Wildman–Crippen MR) is 81.3 cm³/mol. The standard InChI is InChI=1S/C16H15FN4O/c1-3-21-11(2)13(10-18-21)6-9-15-19-16(20-22-15)12-4-7-14(17)8-5-12/h4-10H,3H2,1-2H3/b9-6+. The van der Waals surface area contributed by atoms with Gasteiger partial charge in [0.1, 0.15) is 5.82 Å². The Morgan fingerprint density at radius 2 is 2.00 bits per heavy atom. The lowest BCUT2D eigenvalue weighted by Gasteiger charge is -1.97. The SMILES string of the molecule is CCn1ncc(/C=C/c2nc(-c3ccc(F)cc3)no2)c1C. The summed E-state index contributed by atoms with van der Waals surface area (Å²) in [6, 6.07) is 5.96. The van der Waals surface area contributed by atoms with E-state index in [9.17, 15) is 4.39 Å². The van der Waals surface area contributed by atoms with Gasteiger partial charge < -0.3 is 4.52 Å². The van der Waals surface area contributed by atoms with E-state index in [1.54, 1.807) is 24.4 Å². The van der Waals surface area contributed by atoms with Crippen molar-refractivity contribution >= 4 is 12.2 Å². The second-order valence-electron chi connectivity index (χ2n) is 4.80. The molecule has 112 valence electrons. The molecule has 0 radical (unpaired) electrons. The molecule has 22 heavy (non-hydrogen) atoms. The normalized spacial score (nSPS) is 11.4. The molecule has 0 fully saturated rings. The molecule has 0 aliphatic rings. The van der Waals surface area contributed by atoms with E-state index in [0.29, 0.717) is 17.3 Å². The topological polar surface area (TPSA) is 56.7 Å². The van der Waals surface area contributed by atoms with Crippen molar-refractivity contribution in [3.05, 3.63) is 53.4 Å². The van der Waals surface area contributed by atoms with Crippen LogP contribution >= 0.6 is 0 Å². The van der Waals surface area contributed by atoms with Crippen molar-refractivity contribution in [1.29, 1.82) is 0 Å². The Bertz CT molecular complexity index is 802. The zero-order chi connectivity index (χ0) is 15.5. The fourth-order valence-electron chi connectivity index (χ4n) is 2.12. The van der Waals surface area contributed by atoms with Crippen molar-refractivity contribution < 1.29 is 8.91 Å². The fourth-order valence-corrected chi connectivity index (χ4v) is 2.12. The zero-order valence-electron chi connectivity index (χ0n) is 12.3. The zero-order valence-corrected chi connectivity index (χ0v) is 12.3. The monoisotopic (exact) mass is 298 g/mol. The summed E-state index contributed by atoms with van der Waals surface area (Å²) in [6.07, 6.45) is 5.42. The molecule has 0 saturated carbocycles. The van der Waals surface area contributed by atoms with Gasteiger partial charge in [0.25, 0.3) is 5.89 Å². The minimum atomic E-state index is -0.296. The summed E-state index contributed by atoms with van der Waals surface area (Å²) in [4.78, 5) is 4.27. The number of nitrogens with zero attached hydrogens (tertiary/aromatic N) is 4. The van der Waals surface area contributed by atoms with Gasteiger partial charge in [-0.1, -0.05) is 5.16 Å². The lowest BCUT2D eigenvalue weighted by molar-refractivity contribution is 0.411. The smallest absolute Gasteiger partial charge is 0.250 e. The molecule has 0 aliphatic heterocycles. The van der Waals surface area contributed by atoms with E-state index in [4.69, 9.17) is 4.52 Å². The second-order valence-corrected chi connectivity index (χ2v) is 4.80. The predicted octanol–water partition coefficient (Wildman–Crippen LogP) is 3.57.